The minimum Gasteiger partial charge on any atom is -0.354 e. The number of thiophene rings is 1. The monoisotopic (exact) mass is 422 g/mol. The van der Waals surface area contributed by atoms with Crippen molar-refractivity contribution in [3.8, 4) is 0 Å². The van der Waals surface area contributed by atoms with E-state index in [2.05, 4.69) is 71.9 Å². The van der Waals surface area contributed by atoms with Crippen LogP contribution in [0.4, 0.5) is 0 Å². The second-order valence-corrected chi connectivity index (χ2v) is 8.62. The first-order valence-corrected chi connectivity index (χ1v) is 11.5. The molecule has 3 heterocycles. The average Bonchev–Trinajstić information content (AvgIpc) is 3.55. The summed E-state index contributed by atoms with van der Waals surface area (Å²) in [4.78, 5) is 12.6. The lowest BCUT2D eigenvalue weighted by Gasteiger charge is -2.27. The van der Waals surface area contributed by atoms with Crippen molar-refractivity contribution < 1.29 is 0 Å². The van der Waals surface area contributed by atoms with Crippen LogP contribution in [-0.4, -0.2) is 47.1 Å². The summed E-state index contributed by atoms with van der Waals surface area (Å²) < 4.78 is 2.08. The van der Waals surface area contributed by atoms with E-state index >= 15 is 0 Å². The molecule has 1 atom stereocenters. The van der Waals surface area contributed by atoms with Gasteiger partial charge in [0.1, 0.15) is 0 Å². The minimum atomic E-state index is 0.407. The normalized spacial score (nSPS) is 16.0. The molecular formula is C23H30N6S. The number of rotatable bonds is 8. The van der Waals surface area contributed by atoms with Gasteiger partial charge in [-0.05, 0) is 48.5 Å². The Hall–Kier alpha value is -2.64. The maximum Gasteiger partial charge on any atom is 0.191 e. The van der Waals surface area contributed by atoms with E-state index in [0.717, 1.165) is 25.6 Å². The van der Waals surface area contributed by atoms with Crippen LogP contribution in [0.3, 0.4) is 0 Å². The summed E-state index contributed by atoms with van der Waals surface area (Å²) in [6, 6.07) is 13.4. The number of aliphatic imine (C=N–C) groups is 1. The Morgan fingerprint density at radius 2 is 2.03 bits per heavy atom. The third-order valence-electron chi connectivity index (χ3n) is 5.52. The predicted octanol–water partition coefficient (Wildman–Crippen LogP) is 3.50. The summed E-state index contributed by atoms with van der Waals surface area (Å²) in [5.41, 5.74) is 2.51. The Morgan fingerprint density at radius 3 is 2.77 bits per heavy atom. The molecule has 1 aliphatic heterocycles. The first-order valence-electron chi connectivity index (χ1n) is 10.6. The molecule has 1 fully saturated rings. The van der Waals surface area contributed by atoms with Gasteiger partial charge in [-0.25, -0.2) is 4.98 Å². The van der Waals surface area contributed by atoms with E-state index in [-0.39, 0.29) is 0 Å². The molecule has 0 bridgehead atoms. The first-order chi connectivity index (χ1) is 14.8. The molecular weight excluding hydrogens is 392 g/mol. The zero-order valence-corrected chi connectivity index (χ0v) is 18.3. The molecule has 4 rings (SSSR count). The number of aromatic nitrogens is 2. The van der Waals surface area contributed by atoms with Crippen molar-refractivity contribution in [2.24, 2.45) is 4.99 Å². The molecule has 0 radical (unpaired) electrons. The van der Waals surface area contributed by atoms with Gasteiger partial charge in [0.2, 0.25) is 0 Å². The van der Waals surface area contributed by atoms with Crippen LogP contribution < -0.4 is 10.6 Å². The van der Waals surface area contributed by atoms with Gasteiger partial charge in [-0.2, -0.15) is 0 Å². The van der Waals surface area contributed by atoms with E-state index in [4.69, 9.17) is 0 Å². The van der Waals surface area contributed by atoms with Crippen molar-refractivity contribution in [3.05, 3.63) is 76.5 Å². The van der Waals surface area contributed by atoms with Crippen LogP contribution in [0, 0.1) is 0 Å². The van der Waals surface area contributed by atoms with Crippen molar-refractivity contribution in [3.63, 3.8) is 0 Å². The van der Waals surface area contributed by atoms with Crippen molar-refractivity contribution in [2.75, 3.05) is 26.7 Å². The number of benzene rings is 1. The standard InChI is InChI=1S/C23H30N6S/c1-24-23(27-16-21(22-8-5-13-30-22)29-10-2-3-11-29)26-15-19-6-4-7-20(14-19)17-28-12-9-25-18-28/h4-9,12-14,18,21H,2-3,10-11,15-17H2,1H3,(H2,24,26,27). The molecule has 1 aromatic carbocycles. The number of hydrogen-bond acceptors (Lipinski definition) is 4. The fourth-order valence-corrected chi connectivity index (χ4v) is 4.83. The number of nitrogens with zero attached hydrogens (tertiary/aromatic N) is 4. The number of hydrogen-bond donors (Lipinski definition) is 2. The highest BCUT2D eigenvalue weighted by molar-refractivity contribution is 7.10. The number of imidazole rings is 1. The third-order valence-corrected chi connectivity index (χ3v) is 6.49. The molecule has 3 aromatic rings. The molecule has 0 amide bonds. The molecule has 1 unspecified atom stereocenters. The molecule has 2 N–H and O–H groups in total. The zero-order valence-electron chi connectivity index (χ0n) is 17.5. The van der Waals surface area contributed by atoms with Crippen LogP contribution in [0.5, 0.6) is 0 Å². The second-order valence-electron chi connectivity index (χ2n) is 7.64. The summed E-state index contributed by atoms with van der Waals surface area (Å²) in [6.45, 7) is 4.80. The number of nitrogens with one attached hydrogen (secondary N) is 2. The Bertz CT molecular complexity index is 913. The van der Waals surface area contributed by atoms with Crippen LogP contribution in [0.2, 0.25) is 0 Å². The van der Waals surface area contributed by atoms with Gasteiger partial charge in [-0.1, -0.05) is 30.3 Å². The number of guanidine groups is 1. The van der Waals surface area contributed by atoms with E-state index < -0.39 is 0 Å². The van der Waals surface area contributed by atoms with Gasteiger partial charge in [0, 0.05) is 44.0 Å². The smallest absolute Gasteiger partial charge is 0.191 e. The van der Waals surface area contributed by atoms with Crippen molar-refractivity contribution >= 4 is 17.3 Å². The van der Waals surface area contributed by atoms with Gasteiger partial charge in [-0.3, -0.25) is 9.89 Å². The Labute approximate surface area is 182 Å². The summed E-state index contributed by atoms with van der Waals surface area (Å²) >= 11 is 1.84. The van der Waals surface area contributed by atoms with Crippen LogP contribution >= 0.6 is 11.3 Å². The fraction of sp³-hybridized carbons (Fsp3) is 0.391. The van der Waals surface area contributed by atoms with E-state index in [9.17, 15) is 0 Å². The minimum absolute atomic E-state index is 0.407. The molecule has 0 spiro atoms. The van der Waals surface area contributed by atoms with Gasteiger partial charge in [0.05, 0.1) is 12.4 Å². The highest BCUT2D eigenvalue weighted by Crippen LogP contribution is 2.27. The SMILES string of the molecule is CN=C(NCc1cccc(Cn2ccnc2)c1)NCC(c1cccs1)N1CCCC1. The lowest BCUT2D eigenvalue weighted by atomic mass is 10.1. The van der Waals surface area contributed by atoms with Crippen molar-refractivity contribution in [1.29, 1.82) is 0 Å². The highest BCUT2D eigenvalue weighted by Gasteiger charge is 2.24. The molecule has 2 aromatic heterocycles. The Kier molecular flexibility index (Phi) is 7.16. The summed E-state index contributed by atoms with van der Waals surface area (Å²) in [7, 11) is 1.83. The van der Waals surface area contributed by atoms with Crippen LogP contribution in [0.25, 0.3) is 0 Å². The van der Waals surface area contributed by atoms with Gasteiger partial charge < -0.3 is 15.2 Å². The van der Waals surface area contributed by atoms with E-state index in [1.54, 1.807) is 0 Å². The maximum atomic E-state index is 4.43. The van der Waals surface area contributed by atoms with E-state index in [0.29, 0.717) is 6.04 Å². The molecule has 7 heteroatoms. The topological polar surface area (TPSA) is 57.5 Å². The van der Waals surface area contributed by atoms with E-state index in [1.165, 1.54) is 41.9 Å². The lowest BCUT2D eigenvalue weighted by molar-refractivity contribution is 0.249. The average molecular weight is 423 g/mol. The van der Waals surface area contributed by atoms with Crippen LogP contribution in [-0.2, 0) is 13.1 Å². The molecule has 1 saturated heterocycles. The second kappa shape index (κ2) is 10.4. The molecule has 1 aliphatic rings. The molecule has 6 nitrogen and oxygen atoms in total. The third kappa shape index (κ3) is 5.49. The number of likely N-dealkylation sites (tertiary alicyclic amines) is 1. The first kappa shape index (κ1) is 20.6. The van der Waals surface area contributed by atoms with Gasteiger partial charge in [-0.15, -0.1) is 11.3 Å². The highest BCUT2D eigenvalue weighted by atomic mass is 32.1. The predicted molar refractivity (Wildman–Crippen MR) is 124 cm³/mol. The van der Waals surface area contributed by atoms with Crippen LogP contribution in [0.1, 0.15) is 34.9 Å². The zero-order chi connectivity index (χ0) is 20.6. The summed E-state index contributed by atoms with van der Waals surface area (Å²) in [6.07, 6.45) is 8.24. The molecule has 30 heavy (non-hydrogen) atoms. The summed E-state index contributed by atoms with van der Waals surface area (Å²) in [5.74, 6) is 0.843. The quantitative estimate of drug-likeness (QED) is 0.431. The molecule has 0 aliphatic carbocycles. The van der Waals surface area contributed by atoms with E-state index in [1.807, 2.05) is 37.1 Å². The molecule has 158 valence electrons. The fourth-order valence-electron chi connectivity index (χ4n) is 3.97. The Morgan fingerprint density at radius 1 is 1.17 bits per heavy atom. The van der Waals surface area contributed by atoms with Gasteiger partial charge in [0.15, 0.2) is 5.96 Å². The molecule has 0 saturated carbocycles. The van der Waals surface area contributed by atoms with Crippen molar-refractivity contribution in [2.45, 2.75) is 32.0 Å². The van der Waals surface area contributed by atoms with Gasteiger partial charge >= 0.3 is 0 Å². The van der Waals surface area contributed by atoms with Gasteiger partial charge in [0.25, 0.3) is 0 Å². The summed E-state index contributed by atoms with van der Waals surface area (Å²) in [5, 5.41) is 9.18. The van der Waals surface area contributed by atoms with Crippen LogP contribution in [0.15, 0.2) is 65.5 Å². The Balaban J connectivity index is 1.32. The lowest BCUT2D eigenvalue weighted by Crippen LogP contribution is -2.42. The van der Waals surface area contributed by atoms with Crippen molar-refractivity contribution in [1.82, 2.24) is 25.1 Å². The maximum absolute atomic E-state index is 4.43. The largest absolute Gasteiger partial charge is 0.354 e.